The quantitative estimate of drug-likeness (QED) is 0.114. The maximum atomic E-state index is 12.3. The molecule has 1 aliphatic heterocycles. The van der Waals surface area contributed by atoms with E-state index in [2.05, 4.69) is 12.1 Å². The second-order valence-corrected chi connectivity index (χ2v) is 11.6. The van der Waals surface area contributed by atoms with Crippen LogP contribution in [0.3, 0.4) is 0 Å². The fourth-order valence-electron chi connectivity index (χ4n) is 5.08. The third kappa shape index (κ3) is 9.51. The van der Waals surface area contributed by atoms with Gasteiger partial charge < -0.3 is 23.7 Å². The molecule has 5 rings (SSSR count). The van der Waals surface area contributed by atoms with Crippen molar-refractivity contribution >= 4 is 17.7 Å². The van der Waals surface area contributed by atoms with Crippen LogP contribution in [0, 0.1) is 5.92 Å². The summed E-state index contributed by atoms with van der Waals surface area (Å²) in [5.74, 6) is -0.109. The van der Waals surface area contributed by atoms with Crippen LogP contribution >= 0.6 is 11.8 Å². The molecule has 0 radical (unpaired) electrons. The minimum absolute atomic E-state index is 0.246. The third-order valence-corrected chi connectivity index (χ3v) is 8.36. The number of rotatable bonds is 14. The predicted molar refractivity (Wildman–Crippen MR) is 167 cm³/mol. The Balaban J connectivity index is 1.42. The van der Waals surface area contributed by atoms with Crippen LogP contribution in [0.5, 0.6) is 0 Å². The number of carbonyl (C=O) groups is 1. The van der Waals surface area contributed by atoms with Crippen molar-refractivity contribution in [1.29, 1.82) is 0 Å². The minimum Gasteiger partial charge on any atom is -0.435 e. The van der Waals surface area contributed by atoms with Gasteiger partial charge in [0.15, 0.2) is 0 Å². The summed E-state index contributed by atoms with van der Waals surface area (Å²) in [6.07, 6.45) is -2.27. The van der Waals surface area contributed by atoms with Gasteiger partial charge in [0.2, 0.25) is 6.29 Å². The topological polar surface area (TPSA) is 63.2 Å². The third-order valence-electron chi connectivity index (χ3n) is 7.20. The molecule has 4 aromatic carbocycles. The zero-order valence-corrected chi connectivity index (χ0v) is 25.1. The van der Waals surface area contributed by atoms with Crippen LogP contribution in [0.4, 0.5) is 0 Å². The molecule has 6 nitrogen and oxygen atoms in total. The number of hydrogen-bond acceptors (Lipinski definition) is 7. The van der Waals surface area contributed by atoms with E-state index in [1.165, 1.54) is 6.92 Å². The van der Waals surface area contributed by atoms with Crippen molar-refractivity contribution in [3.63, 3.8) is 0 Å². The number of thioether (sulfide) groups is 1. The van der Waals surface area contributed by atoms with Gasteiger partial charge in [-0.3, -0.25) is 4.79 Å². The van der Waals surface area contributed by atoms with Crippen molar-refractivity contribution in [2.45, 2.75) is 56.2 Å². The average molecular weight is 599 g/mol. The summed E-state index contributed by atoms with van der Waals surface area (Å²) in [5, 5.41) is 0. The first-order valence-electron chi connectivity index (χ1n) is 14.6. The molecule has 0 amide bonds. The van der Waals surface area contributed by atoms with Crippen LogP contribution in [-0.2, 0) is 48.3 Å². The first kappa shape index (κ1) is 31.0. The molecule has 1 fully saturated rings. The van der Waals surface area contributed by atoms with Crippen molar-refractivity contribution in [2.24, 2.45) is 5.92 Å². The lowest BCUT2D eigenvalue weighted by Gasteiger charge is -2.45. The number of benzene rings is 4. The molecule has 0 N–H and O–H groups in total. The summed E-state index contributed by atoms with van der Waals surface area (Å²) in [4.78, 5) is 13.4. The van der Waals surface area contributed by atoms with Gasteiger partial charge in [0, 0.05) is 17.6 Å². The van der Waals surface area contributed by atoms with Crippen LogP contribution in [0.2, 0.25) is 0 Å². The molecule has 0 saturated carbocycles. The van der Waals surface area contributed by atoms with Crippen molar-refractivity contribution in [3.05, 3.63) is 138 Å². The van der Waals surface area contributed by atoms with Crippen molar-refractivity contribution < 1.29 is 28.5 Å². The molecule has 1 heterocycles. The molecule has 4 aromatic rings. The second kappa shape index (κ2) is 16.4. The Labute approximate surface area is 258 Å². The van der Waals surface area contributed by atoms with Crippen LogP contribution in [0.1, 0.15) is 23.6 Å². The molecule has 5 atom stereocenters. The Hall–Kier alpha value is -3.46. The molecular formula is C36H38O6S. The fourth-order valence-corrected chi connectivity index (χ4v) is 6.16. The van der Waals surface area contributed by atoms with Gasteiger partial charge in [0.25, 0.3) is 0 Å². The Morgan fingerprint density at radius 2 is 1.16 bits per heavy atom. The lowest BCUT2D eigenvalue weighted by Crippen LogP contribution is -2.59. The summed E-state index contributed by atoms with van der Waals surface area (Å²) in [6, 6.07) is 40.3. The van der Waals surface area contributed by atoms with Gasteiger partial charge >= 0.3 is 5.97 Å². The Morgan fingerprint density at radius 3 is 1.70 bits per heavy atom. The van der Waals surface area contributed by atoms with Crippen LogP contribution in [0.25, 0.3) is 0 Å². The molecule has 1 saturated heterocycles. The molecule has 0 bridgehead atoms. The molecule has 0 aliphatic carbocycles. The van der Waals surface area contributed by atoms with Crippen molar-refractivity contribution in [1.82, 2.24) is 0 Å². The molecule has 43 heavy (non-hydrogen) atoms. The van der Waals surface area contributed by atoms with Crippen LogP contribution in [0.15, 0.2) is 126 Å². The number of carbonyl (C=O) groups excluding carboxylic acids is 1. The Morgan fingerprint density at radius 1 is 0.674 bits per heavy atom. The zero-order valence-electron chi connectivity index (χ0n) is 24.3. The van der Waals surface area contributed by atoms with Crippen LogP contribution < -0.4 is 0 Å². The normalized spacial score (nSPS) is 21.7. The maximum Gasteiger partial charge on any atom is 0.304 e. The van der Waals surface area contributed by atoms with Crippen LogP contribution in [-0.4, -0.2) is 42.9 Å². The molecule has 224 valence electrons. The lowest BCUT2D eigenvalue weighted by molar-refractivity contribution is -0.293. The molecule has 1 aliphatic rings. The number of ether oxygens (including phenoxy) is 5. The highest BCUT2D eigenvalue weighted by atomic mass is 32.2. The maximum absolute atomic E-state index is 12.3. The standard InChI is InChI=1S/C36H38O6S/c1-27(37)41-36-32(26-43-31-20-12-5-13-21-31)34(39-23-29-16-8-3-9-17-29)35(40-24-30-18-10-4-11-19-30)33(42-36)25-38-22-28-14-6-2-7-15-28/h2-21,32-36H,22-26H2,1H3/t32-,33-,34-,35-,36?/m1/s1. The van der Waals surface area contributed by atoms with E-state index >= 15 is 0 Å². The summed E-state index contributed by atoms with van der Waals surface area (Å²) < 4.78 is 31.9. The average Bonchev–Trinajstić information content (AvgIpc) is 3.04. The largest absolute Gasteiger partial charge is 0.435 e. The van der Waals surface area contributed by atoms with E-state index in [0.29, 0.717) is 25.6 Å². The monoisotopic (exact) mass is 598 g/mol. The highest BCUT2D eigenvalue weighted by molar-refractivity contribution is 7.99. The fraction of sp³-hybridized carbons (Fsp3) is 0.306. The Bertz CT molecular complexity index is 1360. The smallest absolute Gasteiger partial charge is 0.304 e. The van der Waals surface area contributed by atoms with Gasteiger partial charge in [-0.1, -0.05) is 109 Å². The molecular weight excluding hydrogens is 560 g/mol. The highest BCUT2D eigenvalue weighted by Crippen LogP contribution is 2.36. The van der Waals surface area contributed by atoms with Gasteiger partial charge in [0.05, 0.1) is 38.4 Å². The lowest BCUT2D eigenvalue weighted by atomic mass is 9.91. The van der Waals surface area contributed by atoms with Gasteiger partial charge in [-0.15, -0.1) is 11.8 Å². The summed E-state index contributed by atoms with van der Waals surface area (Å²) in [6.45, 7) is 2.84. The second-order valence-electron chi connectivity index (χ2n) is 10.5. The van der Waals surface area contributed by atoms with Gasteiger partial charge in [-0.25, -0.2) is 0 Å². The number of hydrogen-bond donors (Lipinski definition) is 0. The van der Waals surface area contributed by atoms with E-state index in [9.17, 15) is 4.79 Å². The zero-order chi connectivity index (χ0) is 29.7. The summed E-state index contributed by atoms with van der Waals surface area (Å²) >= 11 is 1.68. The van der Waals surface area contributed by atoms with E-state index < -0.39 is 30.6 Å². The molecule has 0 aromatic heterocycles. The van der Waals surface area contributed by atoms with Crippen molar-refractivity contribution in [2.75, 3.05) is 12.4 Å². The summed E-state index contributed by atoms with van der Waals surface area (Å²) in [5.41, 5.74) is 3.15. The molecule has 0 spiro atoms. The SMILES string of the molecule is CC(=O)OC1O[C@H](COCc2ccccc2)[C@@H](OCc2ccccc2)[C@H](OCc2ccccc2)[C@H]1CSc1ccccc1. The highest BCUT2D eigenvalue weighted by Gasteiger charge is 2.49. The molecule has 1 unspecified atom stereocenters. The first-order chi connectivity index (χ1) is 21.2. The Kier molecular flexibility index (Phi) is 11.8. The van der Waals surface area contributed by atoms with Crippen molar-refractivity contribution in [3.8, 4) is 0 Å². The van der Waals surface area contributed by atoms with E-state index in [-0.39, 0.29) is 12.5 Å². The molecule has 7 heteroatoms. The summed E-state index contributed by atoms with van der Waals surface area (Å²) in [7, 11) is 0. The van der Waals surface area contributed by atoms with Gasteiger partial charge in [-0.05, 0) is 28.8 Å². The van der Waals surface area contributed by atoms with Gasteiger partial charge in [-0.2, -0.15) is 0 Å². The van der Waals surface area contributed by atoms with E-state index in [4.69, 9.17) is 23.7 Å². The van der Waals surface area contributed by atoms with E-state index in [1.807, 2.05) is 109 Å². The number of esters is 1. The van der Waals surface area contributed by atoms with Gasteiger partial charge in [0.1, 0.15) is 12.2 Å². The van der Waals surface area contributed by atoms with E-state index in [0.717, 1.165) is 21.6 Å². The predicted octanol–water partition coefficient (Wildman–Crippen LogP) is 7.07. The minimum atomic E-state index is -0.823. The van der Waals surface area contributed by atoms with E-state index in [1.54, 1.807) is 11.8 Å². The first-order valence-corrected chi connectivity index (χ1v) is 15.6.